The van der Waals surface area contributed by atoms with E-state index in [0.717, 1.165) is 5.56 Å². The highest BCUT2D eigenvalue weighted by molar-refractivity contribution is 6.04. The summed E-state index contributed by atoms with van der Waals surface area (Å²) >= 11 is 0. The molecule has 4 N–H and O–H groups in total. The van der Waals surface area contributed by atoms with Gasteiger partial charge in [0.1, 0.15) is 0 Å². The quantitative estimate of drug-likeness (QED) is 0.472. The number of hydrogen-bond acceptors (Lipinski definition) is 3. The zero-order valence-corrected chi connectivity index (χ0v) is 18.2. The number of nitrogens with two attached hydrogens (primary N) is 1. The van der Waals surface area contributed by atoms with Crippen LogP contribution in [0.1, 0.15) is 48.7 Å². The first-order valence-corrected chi connectivity index (χ1v) is 10.4. The minimum atomic E-state index is -0.188. The van der Waals surface area contributed by atoms with E-state index in [1.807, 2.05) is 48.5 Å². The molecule has 0 aromatic heterocycles. The number of anilines is 3. The molecule has 5 nitrogen and oxygen atoms in total. The zero-order chi connectivity index (χ0) is 22.4. The molecule has 0 saturated carbocycles. The molecule has 5 heteroatoms. The van der Waals surface area contributed by atoms with Gasteiger partial charge < -0.3 is 16.4 Å². The van der Waals surface area contributed by atoms with Gasteiger partial charge in [0.25, 0.3) is 5.91 Å². The van der Waals surface area contributed by atoms with Crippen molar-refractivity contribution in [1.82, 2.24) is 0 Å². The smallest absolute Gasteiger partial charge is 0.255 e. The van der Waals surface area contributed by atoms with Gasteiger partial charge >= 0.3 is 0 Å². The van der Waals surface area contributed by atoms with E-state index in [1.54, 1.807) is 24.3 Å². The van der Waals surface area contributed by atoms with Gasteiger partial charge in [0.05, 0.1) is 0 Å². The van der Waals surface area contributed by atoms with Gasteiger partial charge in [0.2, 0.25) is 5.91 Å². The lowest BCUT2D eigenvalue weighted by Crippen LogP contribution is -2.15. The Morgan fingerprint density at radius 3 is 2.06 bits per heavy atom. The summed E-state index contributed by atoms with van der Waals surface area (Å²) in [6.07, 6.45) is 0.994. The molecule has 0 radical (unpaired) electrons. The molecule has 0 unspecified atom stereocenters. The molecular weight excluding hydrogens is 386 g/mol. The first-order valence-electron chi connectivity index (χ1n) is 10.4. The summed E-state index contributed by atoms with van der Waals surface area (Å²) in [6, 6.07) is 22.3. The molecule has 0 fully saturated rings. The second kappa shape index (κ2) is 9.47. The topological polar surface area (TPSA) is 84.2 Å². The first-order chi connectivity index (χ1) is 14.7. The highest BCUT2D eigenvalue weighted by atomic mass is 16.2. The summed E-state index contributed by atoms with van der Waals surface area (Å²) in [6.45, 7) is 6.41. The van der Waals surface area contributed by atoms with E-state index in [1.165, 1.54) is 5.56 Å². The highest BCUT2D eigenvalue weighted by Crippen LogP contribution is 2.23. The molecular formula is C26H29N3O2. The summed E-state index contributed by atoms with van der Waals surface area (Å²) in [5.41, 5.74) is 10.5. The van der Waals surface area contributed by atoms with E-state index in [2.05, 4.69) is 31.4 Å². The molecule has 0 aliphatic carbocycles. The van der Waals surface area contributed by atoms with E-state index >= 15 is 0 Å². The Kier molecular flexibility index (Phi) is 6.75. The van der Waals surface area contributed by atoms with Crippen LogP contribution in [0, 0.1) is 0 Å². The van der Waals surface area contributed by atoms with Gasteiger partial charge in [-0.2, -0.15) is 0 Å². The second-order valence-corrected chi connectivity index (χ2v) is 8.65. The largest absolute Gasteiger partial charge is 0.399 e. The SMILES string of the molecule is CC(C)(C)c1ccc(C(=O)Nc2cccc(NC(=O)CCc3ccc(N)cc3)c2)cc1. The molecule has 0 aliphatic heterocycles. The number of nitrogen functional groups attached to an aromatic ring is 1. The molecule has 3 aromatic rings. The van der Waals surface area contributed by atoms with E-state index in [0.29, 0.717) is 35.5 Å². The number of nitrogens with one attached hydrogen (secondary N) is 2. The third-order valence-corrected chi connectivity index (χ3v) is 5.04. The molecule has 3 aromatic carbocycles. The lowest BCUT2D eigenvalue weighted by molar-refractivity contribution is -0.116. The molecule has 0 heterocycles. The van der Waals surface area contributed by atoms with Gasteiger partial charge in [-0.15, -0.1) is 0 Å². The van der Waals surface area contributed by atoms with Crippen LogP contribution in [0.15, 0.2) is 72.8 Å². The van der Waals surface area contributed by atoms with Crippen LogP contribution in [-0.4, -0.2) is 11.8 Å². The van der Waals surface area contributed by atoms with E-state index in [9.17, 15) is 9.59 Å². The van der Waals surface area contributed by atoms with E-state index in [-0.39, 0.29) is 17.2 Å². The molecule has 3 rings (SSSR count). The summed E-state index contributed by atoms with van der Waals surface area (Å²) in [7, 11) is 0. The number of benzene rings is 3. The number of aryl methyl sites for hydroxylation is 1. The van der Waals surface area contributed by atoms with Crippen LogP contribution in [-0.2, 0) is 16.6 Å². The summed E-state index contributed by atoms with van der Waals surface area (Å²) in [5.74, 6) is -0.273. The Bertz CT molecular complexity index is 1050. The fourth-order valence-electron chi connectivity index (χ4n) is 3.17. The minimum Gasteiger partial charge on any atom is -0.399 e. The van der Waals surface area contributed by atoms with Crippen LogP contribution >= 0.6 is 0 Å². The highest BCUT2D eigenvalue weighted by Gasteiger charge is 2.14. The van der Waals surface area contributed by atoms with Gasteiger partial charge in [-0.1, -0.05) is 51.1 Å². The van der Waals surface area contributed by atoms with Crippen molar-refractivity contribution < 1.29 is 9.59 Å². The molecule has 2 amide bonds. The fourth-order valence-corrected chi connectivity index (χ4v) is 3.17. The number of carbonyl (C=O) groups is 2. The molecule has 0 spiro atoms. The van der Waals surface area contributed by atoms with Crippen molar-refractivity contribution in [2.75, 3.05) is 16.4 Å². The average molecular weight is 416 g/mol. The van der Waals surface area contributed by atoms with Crippen molar-refractivity contribution in [3.05, 3.63) is 89.5 Å². The Balaban J connectivity index is 1.57. The maximum atomic E-state index is 12.6. The van der Waals surface area contributed by atoms with Crippen LogP contribution in [0.25, 0.3) is 0 Å². The second-order valence-electron chi connectivity index (χ2n) is 8.65. The number of rotatable bonds is 6. The normalized spacial score (nSPS) is 11.1. The van der Waals surface area contributed by atoms with Crippen LogP contribution in [0.5, 0.6) is 0 Å². The lowest BCUT2D eigenvalue weighted by Gasteiger charge is -2.19. The third kappa shape index (κ3) is 6.44. The first kappa shape index (κ1) is 22.1. The third-order valence-electron chi connectivity index (χ3n) is 5.04. The predicted octanol–water partition coefficient (Wildman–Crippen LogP) is 5.39. The Labute approximate surface area is 183 Å². The van der Waals surface area contributed by atoms with Crippen LogP contribution in [0.3, 0.4) is 0 Å². The van der Waals surface area contributed by atoms with Crippen molar-refractivity contribution in [1.29, 1.82) is 0 Å². The van der Waals surface area contributed by atoms with Crippen LogP contribution in [0.4, 0.5) is 17.1 Å². The maximum Gasteiger partial charge on any atom is 0.255 e. The number of carbonyl (C=O) groups excluding carboxylic acids is 2. The van der Waals surface area contributed by atoms with Crippen molar-refractivity contribution in [3.63, 3.8) is 0 Å². The standard InChI is InChI=1S/C26H29N3O2/c1-26(2,3)20-12-10-19(11-13-20)25(31)29-23-6-4-5-22(17-23)28-24(30)16-9-18-7-14-21(27)15-8-18/h4-8,10-15,17H,9,16,27H2,1-3H3,(H,28,30)(H,29,31). The fraction of sp³-hybridized carbons (Fsp3) is 0.231. The van der Waals surface area contributed by atoms with Crippen LogP contribution < -0.4 is 16.4 Å². The average Bonchev–Trinajstić information content (AvgIpc) is 2.73. The molecule has 31 heavy (non-hydrogen) atoms. The number of hydrogen-bond donors (Lipinski definition) is 3. The summed E-state index contributed by atoms with van der Waals surface area (Å²) in [4.78, 5) is 24.9. The Morgan fingerprint density at radius 2 is 1.45 bits per heavy atom. The Hall–Kier alpha value is -3.60. The van der Waals surface area contributed by atoms with Crippen molar-refractivity contribution in [2.45, 2.75) is 39.0 Å². The lowest BCUT2D eigenvalue weighted by atomic mass is 9.87. The monoisotopic (exact) mass is 415 g/mol. The van der Waals surface area contributed by atoms with Crippen molar-refractivity contribution >= 4 is 28.9 Å². The molecule has 160 valence electrons. The minimum absolute atomic E-state index is 0.0371. The zero-order valence-electron chi connectivity index (χ0n) is 18.2. The van der Waals surface area contributed by atoms with Crippen molar-refractivity contribution in [2.24, 2.45) is 0 Å². The summed E-state index contributed by atoms with van der Waals surface area (Å²) < 4.78 is 0. The predicted molar refractivity (Wildman–Crippen MR) is 127 cm³/mol. The molecule has 0 saturated heterocycles. The molecule has 0 atom stereocenters. The Morgan fingerprint density at radius 1 is 0.839 bits per heavy atom. The molecule has 0 aliphatic rings. The van der Waals surface area contributed by atoms with E-state index < -0.39 is 0 Å². The number of amides is 2. The van der Waals surface area contributed by atoms with Gasteiger partial charge in [0.15, 0.2) is 0 Å². The molecule has 0 bridgehead atoms. The van der Waals surface area contributed by atoms with Gasteiger partial charge in [-0.3, -0.25) is 9.59 Å². The van der Waals surface area contributed by atoms with Crippen molar-refractivity contribution in [3.8, 4) is 0 Å². The maximum absolute atomic E-state index is 12.6. The van der Waals surface area contributed by atoms with Gasteiger partial charge in [-0.25, -0.2) is 0 Å². The van der Waals surface area contributed by atoms with E-state index in [4.69, 9.17) is 5.73 Å². The van der Waals surface area contributed by atoms with Gasteiger partial charge in [0, 0.05) is 29.0 Å². The van der Waals surface area contributed by atoms with Gasteiger partial charge in [-0.05, 0) is 65.4 Å². The van der Waals surface area contributed by atoms with Crippen LogP contribution in [0.2, 0.25) is 0 Å². The summed E-state index contributed by atoms with van der Waals surface area (Å²) in [5, 5.41) is 5.78.